The lowest BCUT2D eigenvalue weighted by Crippen LogP contribution is -2.01. The minimum atomic E-state index is 0.572. The van der Waals surface area contributed by atoms with Gasteiger partial charge in [-0.1, -0.05) is 29.8 Å². The Hall–Kier alpha value is -2.31. The topological polar surface area (TPSA) is 41.1 Å². The van der Waals surface area contributed by atoms with Gasteiger partial charge in [0.2, 0.25) is 0 Å². The van der Waals surface area contributed by atoms with Gasteiger partial charge in [0.1, 0.15) is 11.2 Å². The molecule has 0 aliphatic rings. The van der Waals surface area contributed by atoms with Crippen LogP contribution in [0.5, 0.6) is 0 Å². The number of benzene rings is 1. The zero-order chi connectivity index (χ0) is 14.3. The molecule has 0 N–H and O–H groups in total. The summed E-state index contributed by atoms with van der Waals surface area (Å²) in [5.74, 6) is 0. The Kier molecular flexibility index (Phi) is 2.96. The van der Waals surface area contributed by atoms with Gasteiger partial charge in [0.05, 0.1) is 16.6 Å². The fourth-order valence-corrected chi connectivity index (χ4v) is 2.91. The molecule has 3 nitrogen and oxygen atoms in total. The van der Waals surface area contributed by atoms with Crippen molar-refractivity contribution in [3.63, 3.8) is 0 Å². The molecule has 0 amide bonds. The van der Waals surface area contributed by atoms with E-state index in [2.05, 4.69) is 17.6 Å². The highest BCUT2D eigenvalue weighted by Gasteiger charge is 2.18. The Labute approximate surface area is 121 Å². The maximum atomic E-state index is 9.45. The first-order chi connectivity index (χ1) is 9.69. The predicted octanol–water partition coefficient (Wildman–Crippen LogP) is 4.05. The van der Waals surface area contributed by atoms with Crippen LogP contribution in [0.25, 0.3) is 16.7 Å². The van der Waals surface area contributed by atoms with Gasteiger partial charge >= 0.3 is 0 Å². The summed E-state index contributed by atoms with van der Waals surface area (Å²) in [6.07, 6.45) is 2.42. The summed E-state index contributed by atoms with van der Waals surface area (Å²) in [6.45, 7) is 5.66. The second kappa shape index (κ2) is 4.66. The largest absolute Gasteiger partial charge is 0.281 e. The molecule has 1 aromatic carbocycles. The van der Waals surface area contributed by atoms with Crippen LogP contribution < -0.4 is 0 Å². The zero-order valence-corrected chi connectivity index (χ0v) is 11.8. The number of allylic oxidation sites excluding steroid dienone is 1. The molecule has 20 heavy (non-hydrogen) atoms. The molecule has 2 aromatic heterocycles. The Morgan fingerprint density at radius 2 is 2.20 bits per heavy atom. The molecule has 0 bridgehead atoms. The maximum Gasteiger partial charge on any atom is 0.157 e. The van der Waals surface area contributed by atoms with Crippen LogP contribution in [0.2, 0.25) is 5.15 Å². The number of rotatable bonds is 2. The number of fused-ring (bicyclic) bond motifs is 3. The number of halogens is 1. The van der Waals surface area contributed by atoms with Crippen molar-refractivity contribution in [1.82, 2.24) is 9.38 Å². The fourth-order valence-electron chi connectivity index (χ4n) is 2.52. The van der Waals surface area contributed by atoms with Gasteiger partial charge in [-0.05, 0) is 36.6 Å². The molecule has 0 radical (unpaired) electrons. The first-order valence-corrected chi connectivity index (χ1v) is 6.66. The number of nitriles is 1. The van der Waals surface area contributed by atoms with Crippen molar-refractivity contribution in [2.24, 2.45) is 0 Å². The van der Waals surface area contributed by atoms with E-state index in [1.165, 1.54) is 0 Å². The van der Waals surface area contributed by atoms with Crippen LogP contribution >= 0.6 is 11.6 Å². The molecule has 0 saturated heterocycles. The molecule has 2 heterocycles. The third-order valence-corrected chi connectivity index (χ3v) is 3.91. The normalized spacial score (nSPS) is 10.8. The van der Waals surface area contributed by atoms with Crippen molar-refractivity contribution >= 4 is 28.3 Å². The van der Waals surface area contributed by atoms with Gasteiger partial charge in [-0.25, -0.2) is 4.98 Å². The Morgan fingerprint density at radius 3 is 2.90 bits per heavy atom. The van der Waals surface area contributed by atoms with Gasteiger partial charge in [0.15, 0.2) is 5.65 Å². The van der Waals surface area contributed by atoms with Crippen LogP contribution in [0, 0.1) is 18.3 Å². The first kappa shape index (κ1) is 12.7. The average Bonchev–Trinajstić information content (AvgIpc) is 2.83. The van der Waals surface area contributed by atoms with Crippen LogP contribution in [0.1, 0.15) is 16.7 Å². The number of hydrogen-bond acceptors (Lipinski definition) is 2. The third-order valence-electron chi connectivity index (χ3n) is 3.52. The number of pyridine rings is 1. The highest BCUT2D eigenvalue weighted by atomic mass is 35.5. The van der Waals surface area contributed by atoms with Crippen LogP contribution in [0.4, 0.5) is 0 Å². The molecule has 3 aromatic rings. The van der Waals surface area contributed by atoms with E-state index in [4.69, 9.17) is 11.6 Å². The molecule has 98 valence electrons. The van der Waals surface area contributed by atoms with E-state index in [1.54, 1.807) is 6.08 Å². The minimum Gasteiger partial charge on any atom is -0.281 e. The van der Waals surface area contributed by atoms with E-state index in [-0.39, 0.29) is 0 Å². The molecule has 0 saturated carbocycles. The lowest BCUT2D eigenvalue weighted by molar-refractivity contribution is 1.10. The highest BCUT2D eigenvalue weighted by Crippen LogP contribution is 2.30. The third kappa shape index (κ3) is 1.62. The van der Waals surface area contributed by atoms with E-state index < -0.39 is 0 Å². The molecule has 3 rings (SSSR count). The number of aromatic nitrogens is 2. The molecule has 0 fully saturated rings. The SMILES string of the molecule is C=CCc1c(C)c(C#N)c2nc3ccccc3n2c1Cl. The smallest absolute Gasteiger partial charge is 0.157 e. The fraction of sp³-hybridized carbons (Fsp3) is 0.125. The van der Waals surface area contributed by atoms with E-state index in [1.807, 2.05) is 35.6 Å². The molecular formula is C16H12ClN3. The Bertz CT molecular complexity index is 884. The summed E-state index contributed by atoms with van der Waals surface area (Å²) in [5.41, 5.74) is 4.73. The molecule has 0 atom stereocenters. The molecular weight excluding hydrogens is 270 g/mol. The number of nitrogens with zero attached hydrogens (tertiary/aromatic N) is 3. The Morgan fingerprint density at radius 1 is 1.45 bits per heavy atom. The number of imidazole rings is 1. The van der Waals surface area contributed by atoms with Gasteiger partial charge < -0.3 is 0 Å². The molecule has 0 aliphatic heterocycles. The minimum absolute atomic E-state index is 0.572. The summed E-state index contributed by atoms with van der Waals surface area (Å²) in [6, 6.07) is 9.98. The average molecular weight is 282 g/mol. The quantitative estimate of drug-likeness (QED) is 0.525. The molecule has 4 heteroatoms. The predicted molar refractivity (Wildman–Crippen MR) is 81.1 cm³/mol. The van der Waals surface area contributed by atoms with E-state index >= 15 is 0 Å². The van der Waals surface area contributed by atoms with Gasteiger partial charge in [-0.3, -0.25) is 4.40 Å². The molecule has 0 spiro atoms. The second-order valence-corrected chi connectivity index (χ2v) is 4.99. The van der Waals surface area contributed by atoms with Gasteiger partial charge in [-0.15, -0.1) is 6.58 Å². The standard InChI is InChI=1S/C16H12ClN3/c1-3-6-11-10(2)12(9-18)16-19-13-7-4-5-8-14(13)20(16)15(11)17/h3-5,7-8H,1,6H2,2H3. The van der Waals surface area contributed by atoms with Crippen LogP contribution in [-0.4, -0.2) is 9.38 Å². The lowest BCUT2D eigenvalue weighted by Gasteiger charge is -2.11. The summed E-state index contributed by atoms with van der Waals surface area (Å²) < 4.78 is 1.85. The number of hydrogen-bond donors (Lipinski definition) is 0. The monoisotopic (exact) mass is 281 g/mol. The van der Waals surface area contributed by atoms with Crippen molar-refractivity contribution in [2.45, 2.75) is 13.3 Å². The summed E-state index contributed by atoms with van der Waals surface area (Å²) >= 11 is 6.54. The van der Waals surface area contributed by atoms with E-state index in [0.29, 0.717) is 22.8 Å². The van der Waals surface area contributed by atoms with Gasteiger partial charge in [-0.2, -0.15) is 5.26 Å². The van der Waals surface area contributed by atoms with Crippen molar-refractivity contribution in [3.8, 4) is 6.07 Å². The van der Waals surface area contributed by atoms with E-state index in [9.17, 15) is 5.26 Å². The van der Waals surface area contributed by atoms with Gasteiger partial charge in [0, 0.05) is 0 Å². The van der Waals surface area contributed by atoms with Crippen LogP contribution in [0.3, 0.4) is 0 Å². The van der Waals surface area contributed by atoms with Crippen molar-refractivity contribution in [3.05, 3.63) is 58.8 Å². The molecule has 0 unspecified atom stereocenters. The highest BCUT2D eigenvalue weighted by molar-refractivity contribution is 6.31. The number of para-hydroxylation sites is 2. The Balaban J connectivity index is 2.59. The molecule has 0 aliphatic carbocycles. The lowest BCUT2D eigenvalue weighted by atomic mass is 10.0. The summed E-state index contributed by atoms with van der Waals surface area (Å²) in [4.78, 5) is 4.54. The van der Waals surface area contributed by atoms with Crippen LogP contribution in [0.15, 0.2) is 36.9 Å². The van der Waals surface area contributed by atoms with Crippen LogP contribution in [-0.2, 0) is 6.42 Å². The summed E-state index contributed by atoms with van der Waals surface area (Å²) in [5, 5.41) is 10.1. The summed E-state index contributed by atoms with van der Waals surface area (Å²) in [7, 11) is 0. The maximum absolute atomic E-state index is 9.45. The van der Waals surface area contributed by atoms with Crippen molar-refractivity contribution in [2.75, 3.05) is 0 Å². The van der Waals surface area contributed by atoms with Gasteiger partial charge in [0.25, 0.3) is 0 Å². The van der Waals surface area contributed by atoms with Crippen molar-refractivity contribution < 1.29 is 0 Å². The van der Waals surface area contributed by atoms with Crippen molar-refractivity contribution in [1.29, 1.82) is 5.26 Å². The second-order valence-electron chi connectivity index (χ2n) is 4.63. The zero-order valence-electron chi connectivity index (χ0n) is 11.0. The first-order valence-electron chi connectivity index (χ1n) is 6.28. The van der Waals surface area contributed by atoms with E-state index in [0.717, 1.165) is 22.2 Å².